The molecule has 0 atom stereocenters. The maximum absolute atomic E-state index is 12.6. The summed E-state index contributed by atoms with van der Waals surface area (Å²) in [5, 5.41) is 10.5. The molecular formula is C17H18N4OS. The number of carbonyl (C=O) groups excluding carboxylic acids is 1. The van der Waals surface area contributed by atoms with E-state index in [4.69, 9.17) is 0 Å². The maximum atomic E-state index is 12.6. The number of piperazine rings is 1. The van der Waals surface area contributed by atoms with Gasteiger partial charge in [-0.05, 0) is 19.2 Å². The molecular weight excluding hydrogens is 308 g/mol. The van der Waals surface area contributed by atoms with Crippen LogP contribution in [0.5, 0.6) is 0 Å². The second-order valence-corrected chi connectivity index (χ2v) is 6.82. The van der Waals surface area contributed by atoms with Crippen molar-refractivity contribution < 1.29 is 4.79 Å². The van der Waals surface area contributed by atoms with Crippen LogP contribution in [0.1, 0.15) is 10.4 Å². The standard InChI is InChI=1S/C17H18N4OS/c1-20-6-8-21(9-7-20)17(22)12-10-15(23-11-12)16-13-4-2-3-5-14(13)18-19-16/h2-5,10-11H,6-9H2,1H3,(H,18,19). The number of para-hydroxylation sites is 1. The quantitative estimate of drug-likeness (QED) is 0.788. The lowest BCUT2D eigenvalue weighted by atomic mass is 10.1. The third-order valence-corrected chi connectivity index (χ3v) is 5.28. The second kappa shape index (κ2) is 5.79. The molecule has 1 aromatic carbocycles. The minimum atomic E-state index is 0.125. The molecule has 0 saturated carbocycles. The molecule has 2 aromatic heterocycles. The van der Waals surface area contributed by atoms with Crippen molar-refractivity contribution in [2.75, 3.05) is 33.2 Å². The molecule has 0 radical (unpaired) electrons. The Kier molecular flexibility index (Phi) is 3.63. The van der Waals surface area contributed by atoms with Crippen molar-refractivity contribution >= 4 is 28.1 Å². The molecule has 5 nitrogen and oxygen atoms in total. The van der Waals surface area contributed by atoms with Crippen LogP contribution in [0.15, 0.2) is 35.7 Å². The Labute approximate surface area is 138 Å². The largest absolute Gasteiger partial charge is 0.336 e. The number of H-pyrrole nitrogens is 1. The van der Waals surface area contributed by atoms with Gasteiger partial charge in [-0.1, -0.05) is 18.2 Å². The Morgan fingerprint density at radius 2 is 2.00 bits per heavy atom. The fraction of sp³-hybridized carbons (Fsp3) is 0.294. The molecule has 1 saturated heterocycles. The number of fused-ring (bicyclic) bond motifs is 1. The van der Waals surface area contributed by atoms with E-state index in [2.05, 4.69) is 28.2 Å². The van der Waals surface area contributed by atoms with Gasteiger partial charge in [-0.3, -0.25) is 9.89 Å². The Balaban J connectivity index is 1.60. The predicted molar refractivity (Wildman–Crippen MR) is 92.8 cm³/mol. The summed E-state index contributed by atoms with van der Waals surface area (Å²) < 4.78 is 0. The van der Waals surface area contributed by atoms with E-state index in [1.54, 1.807) is 11.3 Å². The molecule has 0 unspecified atom stereocenters. The minimum Gasteiger partial charge on any atom is -0.336 e. The zero-order valence-corrected chi connectivity index (χ0v) is 13.8. The number of nitrogens with one attached hydrogen (secondary N) is 1. The summed E-state index contributed by atoms with van der Waals surface area (Å²) in [6.07, 6.45) is 0. The first kappa shape index (κ1) is 14.4. The molecule has 3 heterocycles. The van der Waals surface area contributed by atoms with E-state index in [1.807, 2.05) is 34.5 Å². The topological polar surface area (TPSA) is 52.2 Å². The van der Waals surface area contributed by atoms with Crippen molar-refractivity contribution in [1.82, 2.24) is 20.0 Å². The SMILES string of the molecule is CN1CCN(C(=O)c2csc(-c3n[nH]c4ccccc34)c2)CC1. The van der Waals surface area contributed by atoms with E-state index in [0.29, 0.717) is 0 Å². The highest BCUT2D eigenvalue weighted by Gasteiger charge is 2.22. The number of amides is 1. The van der Waals surface area contributed by atoms with E-state index in [0.717, 1.165) is 53.2 Å². The maximum Gasteiger partial charge on any atom is 0.254 e. The van der Waals surface area contributed by atoms with E-state index < -0.39 is 0 Å². The summed E-state index contributed by atoms with van der Waals surface area (Å²) in [5.41, 5.74) is 2.70. The number of thiophene rings is 1. The number of aromatic amines is 1. The van der Waals surface area contributed by atoms with Crippen LogP contribution in [-0.2, 0) is 0 Å². The zero-order valence-electron chi connectivity index (χ0n) is 13.0. The molecule has 1 amide bonds. The normalized spacial score (nSPS) is 16.1. The Morgan fingerprint density at radius 1 is 1.22 bits per heavy atom. The highest BCUT2D eigenvalue weighted by atomic mass is 32.1. The predicted octanol–water partition coefficient (Wildman–Crippen LogP) is 2.68. The van der Waals surface area contributed by atoms with Gasteiger partial charge < -0.3 is 9.80 Å². The van der Waals surface area contributed by atoms with Gasteiger partial charge in [0.05, 0.1) is 16.0 Å². The molecule has 6 heteroatoms. The van der Waals surface area contributed by atoms with Crippen molar-refractivity contribution in [3.63, 3.8) is 0 Å². The third-order valence-electron chi connectivity index (χ3n) is 4.34. The van der Waals surface area contributed by atoms with Crippen LogP contribution in [0.3, 0.4) is 0 Å². The molecule has 1 aliphatic heterocycles. The number of benzene rings is 1. The smallest absolute Gasteiger partial charge is 0.254 e. The average Bonchev–Trinajstić information content (AvgIpc) is 3.21. The molecule has 3 aromatic rings. The number of rotatable bonds is 2. The van der Waals surface area contributed by atoms with Crippen molar-refractivity contribution in [2.45, 2.75) is 0 Å². The van der Waals surface area contributed by atoms with Crippen LogP contribution >= 0.6 is 11.3 Å². The van der Waals surface area contributed by atoms with Gasteiger partial charge in [0, 0.05) is 36.9 Å². The van der Waals surface area contributed by atoms with Gasteiger partial charge in [0.15, 0.2) is 0 Å². The number of nitrogens with zero attached hydrogens (tertiary/aromatic N) is 3. The number of carbonyl (C=O) groups is 1. The number of hydrogen-bond acceptors (Lipinski definition) is 4. The highest BCUT2D eigenvalue weighted by Crippen LogP contribution is 2.31. The molecule has 1 N–H and O–H groups in total. The molecule has 1 aliphatic rings. The van der Waals surface area contributed by atoms with Crippen LogP contribution in [0.25, 0.3) is 21.5 Å². The first-order valence-corrected chi connectivity index (χ1v) is 8.60. The molecule has 0 spiro atoms. The number of hydrogen-bond donors (Lipinski definition) is 1. The van der Waals surface area contributed by atoms with Crippen LogP contribution in [0.4, 0.5) is 0 Å². The average molecular weight is 326 g/mol. The first-order valence-electron chi connectivity index (χ1n) is 7.72. The lowest BCUT2D eigenvalue weighted by molar-refractivity contribution is 0.0664. The number of aromatic nitrogens is 2. The van der Waals surface area contributed by atoms with Crippen LogP contribution in [-0.4, -0.2) is 59.1 Å². The monoisotopic (exact) mass is 326 g/mol. The van der Waals surface area contributed by atoms with E-state index >= 15 is 0 Å². The Hall–Kier alpha value is -2.18. The van der Waals surface area contributed by atoms with Crippen molar-refractivity contribution in [3.8, 4) is 10.6 Å². The molecule has 4 rings (SSSR count). The van der Waals surface area contributed by atoms with Gasteiger partial charge in [0.2, 0.25) is 0 Å². The van der Waals surface area contributed by atoms with Gasteiger partial charge >= 0.3 is 0 Å². The van der Waals surface area contributed by atoms with Crippen LogP contribution < -0.4 is 0 Å². The summed E-state index contributed by atoms with van der Waals surface area (Å²) in [6, 6.07) is 10.0. The fourth-order valence-corrected chi connectivity index (χ4v) is 3.80. The Bertz CT molecular complexity index is 845. The molecule has 23 heavy (non-hydrogen) atoms. The van der Waals surface area contributed by atoms with E-state index in [-0.39, 0.29) is 5.91 Å². The van der Waals surface area contributed by atoms with Gasteiger partial charge in [-0.25, -0.2) is 0 Å². The van der Waals surface area contributed by atoms with Crippen molar-refractivity contribution in [3.05, 3.63) is 41.3 Å². The summed E-state index contributed by atoms with van der Waals surface area (Å²) in [4.78, 5) is 17.9. The Morgan fingerprint density at radius 3 is 2.83 bits per heavy atom. The summed E-state index contributed by atoms with van der Waals surface area (Å²) in [5.74, 6) is 0.125. The van der Waals surface area contributed by atoms with Gasteiger partial charge in [0.25, 0.3) is 5.91 Å². The summed E-state index contributed by atoms with van der Waals surface area (Å²) >= 11 is 1.57. The number of likely N-dealkylation sites (N-methyl/N-ethyl adjacent to an activating group) is 1. The molecule has 0 aliphatic carbocycles. The lowest BCUT2D eigenvalue weighted by Gasteiger charge is -2.32. The van der Waals surface area contributed by atoms with Gasteiger partial charge in [-0.2, -0.15) is 5.10 Å². The molecule has 1 fully saturated rings. The molecule has 0 bridgehead atoms. The van der Waals surface area contributed by atoms with E-state index in [9.17, 15) is 4.79 Å². The minimum absolute atomic E-state index is 0.125. The lowest BCUT2D eigenvalue weighted by Crippen LogP contribution is -2.47. The first-order chi connectivity index (χ1) is 11.2. The summed E-state index contributed by atoms with van der Waals surface area (Å²) in [6.45, 7) is 3.47. The highest BCUT2D eigenvalue weighted by molar-refractivity contribution is 7.14. The van der Waals surface area contributed by atoms with Crippen LogP contribution in [0.2, 0.25) is 0 Å². The molecule has 118 valence electrons. The van der Waals surface area contributed by atoms with Gasteiger partial charge in [-0.15, -0.1) is 11.3 Å². The fourth-order valence-electron chi connectivity index (χ4n) is 2.92. The third kappa shape index (κ3) is 2.64. The second-order valence-electron chi connectivity index (χ2n) is 5.91. The van der Waals surface area contributed by atoms with Crippen molar-refractivity contribution in [2.24, 2.45) is 0 Å². The van der Waals surface area contributed by atoms with E-state index in [1.165, 1.54) is 0 Å². The van der Waals surface area contributed by atoms with Crippen molar-refractivity contribution in [1.29, 1.82) is 0 Å². The van der Waals surface area contributed by atoms with Crippen LogP contribution in [0, 0.1) is 0 Å². The zero-order chi connectivity index (χ0) is 15.8. The summed E-state index contributed by atoms with van der Waals surface area (Å²) in [7, 11) is 2.09. The van der Waals surface area contributed by atoms with Gasteiger partial charge in [0.1, 0.15) is 5.69 Å².